The van der Waals surface area contributed by atoms with Gasteiger partial charge < -0.3 is 4.74 Å². The van der Waals surface area contributed by atoms with Crippen molar-refractivity contribution in [2.45, 2.75) is 72.6 Å². The molecule has 23 heavy (non-hydrogen) atoms. The monoisotopic (exact) mass is 320 g/mol. The predicted octanol–water partition coefficient (Wildman–Crippen LogP) is 4.70. The minimum atomic E-state index is -0.540. The van der Waals surface area contributed by atoms with E-state index >= 15 is 0 Å². The first-order valence-electron chi connectivity index (χ1n) is 9.00. The Morgan fingerprint density at radius 3 is 2.57 bits per heavy atom. The summed E-state index contributed by atoms with van der Waals surface area (Å²) in [6.07, 6.45) is 9.34. The molecule has 0 spiro atoms. The van der Waals surface area contributed by atoms with E-state index in [1.807, 2.05) is 0 Å². The van der Waals surface area contributed by atoms with Gasteiger partial charge in [0.05, 0.1) is 7.11 Å². The van der Waals surface area contributed by atoms with Crippen LogP contribution in [0.3, 0.4) is 0 Å². The van der Waals surface area contributed by atoms with Crippen molar-refractivity contribution in [1.29, 1.82) is 0 Å². The summed E-state index contributed by atoms with van der Waals surface area (Å²) in [6.45, 7) is 8.74. The molecule has 0 aromatic rings. The van der Waals surface area contributed by atoms with Gasteiger partial charge in [0.1, 0.15) is 5.92 Å². The number of ketones is 1. The summed E-state index contributed by atoms with van der Waals surface area (Å²) < 4.78 is 4.86. The number of hydrogen-bond acceptors (Lipinski definition) is 3. The Morgan fingerprint density at radius 1 is 1.26 bits per heavy atom. The van der Waals surface area contributed by atoms with Crippen LogP contribution >= 0.6 is 0 Å². The van der Waals surface area contributed by atoms with Crippen LogP contribution in [-0.4, -0.2) is 18.9 Å². The van der Waals surface area contributed by atoms with Gasteiger partial charge in [0, 0.05) is 5.41 Å². The number of carbonyl (C=O) groups excluding carboxylic acids is 2. The molecule has 2 rings (SSSR count). The highest BCUT2D eigenvalue weighted by molar-refractivity contribution is 6.02. The second kappa shape index (κ2) is 6.78. The maximum atomic E-state index is 13.0. The Kier molecular flexibility index (Phi) is 5.37. The number of hydrogen-bond donors (Lipinski definition) is 0. The van der Waals surface area contributed by atoms with Crippen LogP contribution in [0.4, 0.5) is 0 Å². The molecular weight excluding hydrogens is 288 g/mol. The van der Waals surface area contributed by atoms with Gasteiger partial charge in [0.2, 0.25) is 0 Å². The van der Waals surface area contributed by atoms with Crippen LogP contribution in [0.2, 0.25) is 0 Å². The van der Waals surface area contributed by atoms with E-state index in [-0.39, 0.29) is 22.6 Å². The average Bonchev–Trinajstić information content (AvgIpc) is 2.48. The van der Waals surface area contributed by atoms with Crippen molar-refractivity contribution in [1.82, 2.24) is 0 Å². The van der Waals surface area contributed by atoms with Gasteiger partial charge in [-0.3, -0.25) is 9.59 Å². The average molecular weight is 320 g/mol. The zero-order valence-corrected chi connectivity index (χ0v) is 15.4. The predicted molar refractivity (Wildman–Crippen MR) is 92.0 cm³/mol. The van der Waals surface area contributed by atoms with E-state index < -0.39 is 5.92 Å². The molecule has 130 valence electrons. The SMILES string of the molecule is COC(=O)C1CC[C@H]2[C@](C)(CCC=C(C)C)CCC[C@]2(C)C1=O. The molecule has 2 aliphatic rings. The van der Waals surface area contributed by atoms with E-state index in [2.05, 4.69) is 33.8 Å². The van der Waals surface area contributed by atoms with E-state index in [0.717, 1.165) is 32.1 Å². The minimum Gasteiger partial charge on any atom is -0.468 e. The number of allylic oxidation sites excluding steroid dienone is 2. The van der Waals surface area contributed by atoms with E-state index in [4.69, 9.17) is 4.74 Å². The number of rotatable bonds is 4. The molecule has 0 N–H and O–H groups in total. The van der Waals surface area contributed by atoms with Crippen LogP contribution < -0.4 is 0 Å². The van der Waals surface area contributed by atoms with Crippen molar-refractivity contribution < 1.29 is 14.3 Å². The molecule has 0 aromatic heterocycles. The molecule has 0 aliphatic heterocycles. The van der Waals surface area contributed by atoms with E-state index in [1.165, 1.54) is 19.1 Å². The zero-order valence-electron chi connectivity index (χ0n) is 15.4. The number of carbonyl (C=O) groups is 2. The lowest BCUT2D eigenvalue weighted by Crippen LogP contribution is -2.54. The highest BCUT2D eigenvalue weighted by atomic mass is 16.5. The van der Waals surface area contributed by atoms with Gasteiger partial charge in [-0.1, -0.05) is 31.9 Å². The second-order valence-corrected chi connectivity index (χ2v) is 8.32. The van der Waals surface area contributed by atoms with Crippen LogP contribution in [0.1, 0.15) is 72.6 Å². The Bertz CT molecular complexity index is 503. The van der Waals surface area contributed by atoms with Gasteiger partial charge in [0.25, 0.3) is 0 Å². The molecule has 3 nitrogen and oxygen atoms in total. The smallest absolute Gasteiger partial charge is 0.316 e. The van der Waals surface area contributed by atoms with E-state index in [9.17, 15) is 9.59 Å². The summed E-state index contributed by atoms with van der Waals surface area (Å²) in [5, 5.41) is 0. The summed E-state index contributed by atoms with van der Waals surface area (Å²) in [5.74, 6) is -0.357. The zero-order chi connectivity index (χ0) is 17.3. The van der Waals surface area contributed by atoms with Crippen LogP contribution in [0.25, 0.3) is 0 Å². The van der Waals surface area contributed by atoms with Crippen molar-refractivity contribution in [3.05, 3.63) is 11.6 Å². The lowest BCUT2D eigenvalue weighted by Gasteiger charge is -2.55. The summed E-state index contributed by atoms with van der Waals surface area (Å²) in [7, 11) is 1.38. The molecule has 2 saturated carbocycles. The molecule has 0 heterocycles. The number of esters is 1. The Morgan fingerprint density at radius 2 is 1.96 bits per heavy atom. The summed E-state index contributed by atoms with van der Waals surface area (Å²) in [5.41, 5.74) is 1.21. The van der Waals surface area contributed by atoms with Gasteiger partial charge in [0.15, 0.2) is 5.78 Å². The maximum absolute atomic E-state index is 13.0. The van der Waals surface area contributed by atoms with Crippen molar-refractivity contribution in [2.75, 3.05) is 7.11 Å². The third kappa shape index (κ3) is 3.39. The molecule has 0 radical (unpaired) electrons. The molecule has 3 heteroatoms. The fourth-order valence-corrected chi connectivity index (χ4v) is 5.16. The molecule has 0 aromatic carbocycles. The first-order valence-corrected chi connectivity index (χ1v) is 9.00. The van der Waals surface area contributed by atoms with Gasteiger partial charge >= 0.3 is 5.97 Å². The maximum Gasteiger partial charge on any atom is 0.316 e. The first kappa shape index (κ1) is 18.2. The third-order valence-electron chi connectivity index (χ3n) is 6.43. The van der Waals surface area contributed by atoms with E-state index in [1.54, 1.807) is 0 Å². The Labute approximate surface area is 140 Å². The lowest BCUT2D eigenvalue weighted by molar-refractivity contribution is -0.163. The Hall–Kier alpha value is -1.12. The molecule has 0 saturated heterocycles. The molecule has 2 fully saturated rings. The standard InChI is InChI=1S/C20H32O3/c1-14(2)8-6-11-19(3)12-7-13-20(4)16(19)10-9-15(17(20)21)18(22)23-5/h8,15-16H,6-7,9-13H2,1-5H3/t15?,16-,19+,20-/m0/s1. The summed E-state index contributed by atoms with van der Waals surface area (Å²) in [6, 6.07) is 0. The first-order chi connectivity index (χ1) is 10.7. The van der Waals surface area contributed by atoms with Crippen LogP contribution in [0.5, 0.6) is 0 Å². The van der Waals surface area contributed by atoms with Gasteiger partial charge in [-0.2, -0.15) is 0 Å². The highest BCUT2D eigenvalue weighted by Gasteiger charge is 2.57. The van der Waals surface area contributed by atoms with Crippen molar-refractivity contribution in [2.24, 2.45) is 22.7 Å². The minimum absolute atomic E-state index is 0.133. The number of methoxy groups -OCH3 is 1. The Balaban J connectivity index is 2.21. The van der Waals surface area contributed by atoms with Crippen LogP contribution in [-0.2, 0) is 14.3 Å². The number of fused-ring (bicyclic) bond motifs is 1. The quantitative estimate of drug-likeness (QED) is 0.428. The number of ether oxygens (including phenoxy) is 1. The molecule has 4 atom stereocenters. The molecular formula is C20H32O3. The van der Waals surface area contributed by atoms with E-state index in [0.29, 0.717) is 12.3 Å². The third-order valence-corrected chi connectivity index (χ3v) is 6.43. The molecule has 0 amide bonds. The van der Waals surface area contributed by atoms with Crippen molar-refractivity contribution in [3.8, 4) is 0 Å². The number of Topliss-reactive ketones (excluding diaryl/α,β-unsaturated/α-hetero) is 1. The summed E-state index contributed by atoms with van der Waals surface area (Å²) >= 11 is 0. The fraction of sp³-hybridized carbons (Fsp3) is 0.800. The second-order valence-electron chi connectivity index (χ2n) is 8.32. The van der Waals surface area contributed by atoms with Crippen LogP contribution in [0, 0.1) is 22.7 Å². The largest absolute Gasteiger partial charge is 0.468 e. The lowest BCUT2D eigenvalue weighted by atomic mass is 9.48. The normalized spacial score (nSPS) is 37.0. The molecule has 0 bridgehead atoms. The van der Waals surface area contributed by atoms with Gasteiger partial charge in [-0.05, 0) is 63.7 Å². The fourth-order valence-electron chi connectivity index (χ4n) is 5.16. The van der Waals surface area contributed by atoms with Crippen LogP contribution in [0.15, 0.2) is 11.6 Å². The van der Waals surface area contributed by atoms with Gasteiger partial charge in [-0.25, -0.2) is 0 Å². The van der Waals surface area contributed by atoms with Gasteiger partial charge in [-0.15, -0.1) is 0 Å². The summed E-state index contributed by atoms with van der Waals surface area (Å²) in [4.78, 5) is 25.0. The highest BCUT2D eigenvalue weighted by Crippen LogP contribution is 2.59. The van der Waals surface area contributed by atoms with Crippen molar-refractivity contribution in [3.63, 3.8) is 0 Å². The van der Waals surface area contributed by atoms with Crippen molar-refractivity contribution >= 4 is 11.8 Å². The topological polar surface area (TPSA) is 43.4 Å². The molecule has 1 unspecified atom stereocenters. The molecule has 2 aliphatic carbocycles.